The van der Waals surface area contributed by atoms with E-state index in [4.69, 9.17) is 9.47 Å². The van der Waals surface area contributed by atoms with Crippen LogP contribution in [-0.2, 0) is 6.54 Å². The summed E-state index contributed by atoms with van der Waals surface area (Å²) in [6.45, 7) is 0.431. The van der Waals surface area contributed by atoms with E-state index in [1.165, 1.54) is 0 Å². The minimum absolute atomic E-state index is 0.289. The number of urea groups is 1. The van der Waals surface area contributed by atoms with Crippen LogP contribution in [0.3, 0.4) is 0 Å². The zero-order chi connectivity index (χ0) is 15.9. The second kappa shape index (κ2) is 7.70. The average Bonchev–Trinajstić information content (AvgIpc) is 2.54. The second-order valence-electron chi connectivity index (χ2n) is 4.47. The van der Waals surface area contributed by atoms with Crippen molar-refractivity contribution in [3.63, 3.8) is 0 Å². The van der Waals surface area contributed by atoms with Gasteiger partial charge in [-0.2, -0.15) is 0 Å². The van der Waals surface area contributed by atoms with Gasteiger partial charge in [0.05, 0.1) is 14.2 Å². The fourth-order valence-electron chi connectivity index (χ4n) is 1.91. The summed E-state index contributed by atoms with van der Waals surface area (Å²) in [4.78, 5) is 11.9. The zero-order valence-electron chi connectivity index (χ0n) is 12.4. The van der Waals surface area contributed by atoms with Crippen LogP contribution in [-0.4, -0.2) is 20.3 Å². The molecule has 116 valence electrons. The third-order valence-electron chi connectivity index (χ3n) is 3.04. The number of carbonyl (C=O) groups is 1. The van der Waals surface area contributed by atoms with Gasteiger partial charge in [-0.15, -0.1) is 0 Å². The molecule has 6 heteroatoms. The van der Waals surface area contributed by atoms with E-state index in [-0.39, 0.29) is 6.03 Å². The molecule has 0 unspecified atom stereocenters. The van der Waals surface area contributed by atoms with Gasteiger partial charge < -0.3 is 20.1 Å². The predicted molar refractivity (Wildman–Crippen MR) is 89.5 cm³/mol. The van der Waals surface area contributed by atoms with Gasteiger partial charge in [0.1, 0.15) is 0 Å². The Morgan fingerprint density at radius 2 is 1.82 bits per heavy atom. The second-order valence-corrected chi connectivity index (χ2v) is 5.32. The van der Waals surface area contributed by atoms with Gasteiger partial charge in [0, 0.05) is 22.8 Å². The van der Waals surface area contributed by atoms with Gasteiger partial charge in [-0.3, -0.25) is 0 Å². The molecule has 22 heavy (non-hydrogen) atoms. The van der Waals surface area contributed by atoms with Crippen molar-refractivity contribution in [2.75, 3.05) is 19.5 Å². The van der Waals surface area contributed by atoms with Gasteiger partial charge in [0.15, 0.2) is 11.5 Å². The van der Waals surface area contributed by atoms with Crippen LogP contribution in [0.5, 0.6) is 11.5 Å². The molecule has 0 aliphatic rings. The number of carbonyl (C=O) groups excluding carboxylic acids is 1. The van der Waals surface area contributed by atoms with Crippen molar-refractivity contribution in [3.8, 4) is 11.5 Å². The highest BCUT2D eigenvalue weighted by Gasteiger charge is 2.07. The van der Waals surface area contributed by atoms with Gasteiger partial charge >= 0.3 is 6.03 Å². The van der Waals surface area contributed by atoms with Crippen LogP contribution in [0, 0.1) is 0 Å². The lowest BCUT2D eigenvalue weighted by molar-refractivity contribution is 0.251. The highest BCUT2D eigenvalue weighted by Crippen LogP contribution is 2.29. The molecule has 0 atom stereocenters. The number of rotatable bonds is 5. The van der Waals surface area contributed by atoms with E-state index in [1.807, 2.05) is 24.3 Å². The third-order valence-corrected chi connectivity index (χ3v) is 3.81. The molecule has 2 rings (SSSR count). The lowest BCUT2D eigenvalue weighted by Crippen LogP contribution is -2.28. The first kappa shape index (κ1) is 16.2. The van der Waals surface area contributed by atoms with Gasteiger partial charge in [-0.1, -0.05) is 34.1 Å². The van der Waals surface area contributed by atoms with E-state index < -0.39 is 0 Å². The summed E-state index contributed by atoms with van der Waals surface area (Å²) in [5.74, 6) is 1.17. The largest absolute Gasteiger partial charge is 0.493 e. The lowest BCUT2D eigenvalue weighted by atomic mass is 10.2. The molecule has 0 radical (unpaired) electrons. The number of benzene rings is 2. The first-order valence-corrected chi connectivity index (χ1v) is 7.43. The van der Waals surface area contributed by atoms with Crippen LogP contribution in [0.4, 0.5) is 10.5 Å². The molecule has 0 heterocycles. The maximum absolute atomic E-state index is 11.9. The highest BCUT2D eigenvalue weighted by atomic mass is 79.9. The Hall–Kier alpha value is -2.21. The summed E-state index contributed by atoms with van der Waals surface area (Å²) in [6.07, 6.45) is 0. The van der Waals surface area contributed by atoms with E-state index in [0.29, 0.717) is 23.7 Å². The fourth-order valence-corrected chi connectivity index (χ4v) is 2.33. The molecule has 2 amide bonds. The first-order chi connectivity index (χ1) is 10.6. The van der Waals surface area contributed by atoms with E-state index in [2.05, 4.69) is 26.6 Å². The van der Waals surface area contributed by atoms with Gasteiger partial charge in [0.25, 0.3) is 0 Å². The number of hydrogen-bond donors (Lipinski definition) is 2. The van der Waals surface area contributed by atoms with Crippen molar-refractivity contribution in [1.29, 1.82) is 0 Å². The lowest BCUT2D eigenvalue weighted by Gasteiger charge is -2.11. The van der Waals surface area contributed by atoms with Crippen molar-refractivity contribution in [1.82, 2.24) is 5.32 Å². The number of halogens is 1. The van der Waals surface area contributed by atoms with Gasteiger partial charge in [-0.25, -0.2) is 4.79 Å². The van der Waals surface area contributed by atoms with Gasteiger partial charge in [-0.05, 0) is 23.8 Å². The van der Waals surface area contributed by atoms with Crippen molar-refractivity contribution in [2.45, 2.75) is 6.54 Å². The number of ether oxygens (including phenoxy) is 2. The molecule has 0 bridgehead atoms. The van der Waals surface area contributed by atoms with Crippen LogP contribution in [0.15, 0.2) is 46.9 Å². The highest BCUT2D eigenvalue weighted by molar-refractivity contribution is 9.10. The van der Waals surface area contributed by atoms with Crippen molar-refractivity contribution >= 4 is 27.6 Å². The Bertz CT molecular complexity index is 662. The molecule has 2 N–H and O–H groups in total. The van der Waals surface area contributed by atoms with Crippen LogP contribution in [0.25, 0.3) is 0 Å². The van der Waals surface area contributed by atoms with Crippen molar-refractivity contribution in [2.24, 2.45) is 0 Å². The molecule has 0 aliphatic carbocycles. The summed E-state index contributed by atoms with van der Waals surface area (Å²) in [6, 6.07) is 12.6. The van der Waals surface area contributed by atoms with Crippen LogP contribution >= 0.6 is 15.9 Å². The molecule has 0 saturated heterocycles. The van der Waals surface area contributed by atoms with Crippen LogP contribution in [0.1, 0.15) is 5.56 Å². The molecule has 2 aromatic rings. The SMILES string of the molecule is COc1ccc(NC(=O)NCc2ccccc2Br)cc1OC. The van der Waals surface area contributed by atoms with E-state index in [1.54, 1.807) is 32.4 Å². The molecule has 0 spiro atoms. The Balaban J connectivity index is 1.96. The molecule has 0 aliphatic heterocycles. The average molecular weight is 365 g/mol. The quantitative estimate of drug-likeness (QED) is 0.848. The molecule has 5 nitrogen and oxygen atoms in total. The van der Waals surface area contributed by atoms with E-state index >= 15 is 0 Å². The van der Waals surface area contributed by atoms with Crippen molar-refractivity contribution in [3.05, 3.63) is 52.5 Å². The number of anilines is 1. The monoisotopic (exact) mass is 364 g/mol. The smallest absolute Gasteiger partial charge is 0.319 e. The Kier molecular flexibility index (Phi) is 5.66. The third kappa shape index (κ3) is 4.14. The molecule has 0 saturated carbocycles. The topological polar surface area (TPSA) is 59.6 Å². The molecular weight excluding hydrogens is 348 g/mol. The van der Waals surface area contributed by atoms with Crippen LogP contribution in [0.2, 0.25) is 0 Å². The van der Waals surface area contributed by atoms with E-state index in [0.717, 1.165) is 10.0 Å². The number of amides is 2. The standard InChI is InChI=1S/C16H17BrN2O3/c1-21-14-8-7-12(9-15(14)22-2)19-16(20)18-10-11-5-3-4-6-13(11)17/h3-9H,10H2,1-2H3,(H2,18,19,20). The summed E-state index contributed by atoms with van der Waals surface area (Å²) in [5, 5.41) is 5.56. The maximum Gasteiger partial charge on any atom is 0.319 e. The van der Waals surface area contributed by atoms with Crippen molar-refractivity contribution < 1.29 is 14.3 Å². The number of methoxy groups -OCH3 is 2. The number of hydrogen-bond acceptors (Lipinski definition) is 3. The Morgan fingerprint density at radius 1 is 1.09 bits per heavy atom. The molecule has 2 aromatic carbocycles. The number of nitrogens with one attached hydrogen (secondary N) is 2. The molecular formula is C16H17BrN2O3. The molecule has 0 fully saturated rings. The Morgan fingerprint density at radius 3 is 2.50 bits per heavy atom. The minimum Gasteiger partial charge on any atom is -0.493 e. The minimum atomic E-state index is -0.289. The fraction of sp³-hybridized carbons (Fsp3) is 0.188. The zero-order valence-corrected chi connectivity index (χ0v) is 13.9. The van der Waals surface area contributed by atoms with Crippen LogP contribution < -0.4 is 20.1 Å². The Labute approximate surface area is 137 Å². The summed E-state index contributed by atoms with van der Waals surface area (Å²) < 4.78 is 11.3. The first-order valence-electron chi connectivity index (χ1n) is 6.64. The van der Waals surface area contributed by atoms with Gasteiger partial charge in [0.2, 0.25) is 0 Å². The summed E-state index contributed by atoms with van der Waals surface area (Å²) >= 11 is 3.45. The molecule has 0 aromatic heterocycles. The predicted octanol–water partition coefficient (Wildman–Crippen LogP) is 3.79. The summed E-state index contributed by atoms with van der Waals surface area (Å²) in [5.41, 5.74) is 1.63. The maximum atomic E-state index is 11.9. The summed E-state index contributed by atoms with van der Waals surface area (Å²) in [7, 11) is 3.12. The van der Waals surface area contributed by atoms with E-state index in [9.17, 15) is 4.79 Å². The normalized spacial score (nSPS) is 9.95.